The third-order valence-electron chi connectivity index (χ3n) is 3.15. The Morgan fingerprint density at radius 3 is 2.88 bits per heavy atom. The number of hydrogen-bond acceptors (Lipinski definition) is 4. The summed E-state index contributed by atoms with van der Waals surface area (Å²) in [6, 6.07) is 6.34. The number of rotatable bonds is 6. The molecule has 1 saturated carbocycles. The fourth-order valence-corrected chi connectivity index (χ4v) is 2.08. The molecule has 1 aromatic heterocycles. The van der Waals surface area contributed by atoms with Crippen LogP contribution in [0.4, 0.5) is 5.82 Å². The van der Waals surface area contributed by atoms with Crippen molar-refractivity contribution >= 4 is 5.82 Å². The maximum Gasteiger partial charge on any atom is 0.215 e. The molecule has 1 aromatic rings. The van der Waals surface area contributed by atoms with E-state index in [-0.39, 0.29) is 6.61 Å². The van der Waals surface area contributed by atoms with Crippen molar-refractivity contribution in [1.29, 1.82) is 0 Å². The van der Waals surface area contributed by atoms with E-state index in [9.17, 15) is 0 Å². The van der Waals surface area contributed by atoms with E-state index in [0.29, 0.717) is 25.1 Å². The molecular weight excluding hydrogens is 216 g/mol. The van der Waals surface area contributed by atoms with Gasteiger partial charge in [0.25, 0.3) is 0 Å². The van der Waals surface area contributed by atoms with Gasteiger partial charge < -0.3 is 14.7 Å². The van der Waals surface area contributed by atoms with Crippen LogP contribution in [0.25, 0.3) is 0 Å². The molecule has 1 aliphatic rings. The van der Waals surface area contributed by atoms with Gasteiger partial charge in [0.05, 0.1) is 13.2 Å². The lowest BCUT2D eigenvalue weighted by molar-refractivity contribution is 0.282. The molecule has 4 nitrogen and oxygen atoms in total. The maximum absolute atomic E-state index is 9.14. The smallest absolute Gasteiger partial charge is 0.215 e. The third kappa shape index (κ3) is 2.88. The lowest BCUT2D eigenvalue weighted by Gasteiger charge is -2.38. The van der Waals surface area contributed by atoms with Crippen LogP contribution in [-0.2, 0) is 0 Å². The highest BCUT2D eigenvalue weighted by molar-refractivity contribution is 5.42. The zero-order valence-electron chi connectivity index (χ0n) is 10.3. The van der Waals surface area contributed by atoms with Crippen molar-refractivity contribution in [1.82, 2.24) is 4.98 Å². The average Bonchev–Trinajstić information content (AvgIpc) is 2.27. The lowest BCUT2D eigenvalue weighted by atomic mass is 9.91. The zero-order chi connectivity index (χ0) is 12.1. The molecule has 0 atom stereocenters. The predicted molar refractivity (Wildman–Crippen MR) is 67.5 cm³/mol. The molecule has 0 saturated heterocycles. The van der Waals surface area contributed by atoms with Crippen LogP contribution in [0, 0.1) is 0 Å². The Morgan fingerprint density at radius 1 is 1.47 bits per heavy atom. The number of aromatic nitrogens is 1. The normalized spacial score (nSPS) is 15.4. The Labute approximate surface area is 102 Å². The second-order valence-corrected chi connectivity index (χ2v) is 4.27. The number of pyridine rings is 1. The summed E-state index contributed by atoms with van der Waals surface area (Å²) in [4.78, 5) is 6.66. The first-order valence-corrected chi connectivity index (χ1v) is 6.32. The Morgan fingerprint density at radius 2 is 2.29 bits per heavy atom. The van der Waals surface area contributed by atoms with Crippen molar-refractivity contribution in [3.63, 3.8) is 0 Å². The highest BCUT2D eigenvalue weighted by Gasteiger charge is 2.25. The summed E-state index contributed by atoms with van der Waals surface area (Å²) < 4.78 is 5.41. The van der Waals surface area contributed by atoms with Gasteiger partial charge in [-0.2, -0.15) is 4.98 Å². The Bertz CT molecular complexity index is 353. The highest BCUT2D eigenvalue weighted by Crippen LogP contribution is 2.29. The van der Waals surface area contributed by atoms with Crippen LogP contribution in [0.5, 0.6) is 5.88 Å². The summed E-state index contributed by atoms with van der Waals surface area (Å²) in [5.74, 6) is 1.57. The van der Waals surface area contributed by atoms with E-state index in [4.69, 9.17) is 9.84 Å². The number of ether oxygens (including phenoxy) is 1. The standard InChI is InChI=1S/C13H20N2O2/c1-2-17-13-8-4-7-12(14-13)15(9-10-16)11-5-3-6-11/h4,7-8,11,16H,2-3,5-6,9-10H2,1H3. The summed E-state index contributed by atoms with van der Waals surface area (Å²) in [7, 11) is 0. The van der Waals surface area contributed by atoms with Gasteiger partial charge in [-0.3, -0.25) is 0 Å². The van der Waals surface area contributed by atoms with Crippen LogP contribution in [0.2, 0.25) is 0 Å². The minimum atomic E-state index is 0.164. The molecule has 94 valence electrons. The minimum Gasteiger partial charge on any atom is -0.478 e. The van der Waals surface area contributed by atoms with Crippen LogP contribution in [0.1, 0.15) is 26.2 Å². The molecule has 1 heterocycles. The zero-order valence-corrected chi connectivity index (χ0v) is 10.3. The number of nitrogens with zero attached hydrogens (tertiary/aromatic N) is 2. The number of aliphatic hydroxyl groups excluding tert-OH is 1. The monoisotopic (exact) mass is 236 g/mol. The fourth-order valence-electron chi connectivity index (χ4n) is 2.08. The largest absolute Gasteiger partial charge is 0.478 e. The maximum atomic E-state index is 9.14. The van der Waals surface area contributed by atoms with Gasteiger partial charge in [-0.15, -0.1) is 0 Å². The van der Waals surface area contributed by atoms with Gasteiger partial charge >= 0.3 is 0 Å². The molecule has 1 N–H and O–H groups in total. The van der Waals surface area contributed by atoms with Gasteiger partial charge in [0.15, 0.2) is 0 Å². The molecule has 17 heavy (non-hydrogen) atoms. The first kappa shape index (κ1) is 12.2. The quantitative estimate of drug-likeness (QED) is 0.818. The van der Waals surface area contributed by atoms with E-state index < -0.39 is 0 Å². The van der Waals surface area contributed by atoms with E-state index in [1.165, 1.54) is 19.3 Å². The Balaban J connectivity index is 2.13. The van der Waals surface area contributed by atoms with Crippen molar-refractivity contribution in [3.8, 4) is 5.88 Å². The third-order valence-corrected chi connectivity index (χ3v) is 3.15. The van der Waals surface area contributed by atoms with Crippen LogP contribution in [0.15, 0.2) is 18.2 Å². The second-order valence-electron chi connectivity index (χ2n) is 4.27. The van der Waals surface area contributed by atoms with Crippen LogP contribution in [0.3, 0.4) is 0 Å². The molecule has 0 unspecified atom stereocenters. The van der Waals surface area contributed by atoms with Gasteiger partial charge in [-0.1, -0.05) is 6.07 Å². The summed E-state index contributed by atoms with van der Waals surface area (Å²) in [5.41, 5.74) is 0. The lowest BCUT2D eigenvalue weighted by Crippen LogP contribution is -2.42. The molecule has 4 heteroatoms. The van der Waals surface area contributed by atoms with Gasteiger partial charge in [0, 0.05) is 18.7 Å². The highest BCUT2D eigenvalue weighted by atomic mass is 16.5. The van der Waals surface area contributed by atoms with Crippen LogP contribution in [-0.4, -0.2) is 35.9 Å². The molecule has 1 fully saturated rings. The van der Waals surface area contributed by atoms with E-state index >= 15 is 0 Å². The average molecular weight is 236 g/mol. The van der Waals surface area contributed by atoms with E-state index in [1.807, 2.05) is 25.1 Å². The minimum absolute atomic E-state index is 0.164. The number of anilines is 1. The van der Waals surface area contributed by atoms with Gasteiger partial charge in [0.2, 0.25) is 5.88 Å². The molecule has 2 rings (SSSR count). The van der Waals surface area contributed by atoms with Gasteiger partial charge in [-0.25, -0.2) is 0 Å². The summed E-state index contributed by atoms with van der Waals surface area (Å²) >= 11 is 0. The van der Waals surface area contributed by atoms with Crippen molar-refractivity contribution in [3.05, 3.63) is 18.2 Å². The van der Waals surface area contributed by atoms with E-state index in [1.54, 1.807) is 0 Å². The van der Waals surface area contributed by atoms with Crippen molar-refractivity contribution in [2.75, 3.05) is 24.7 Å². The Kier molecular flexibility index (Phi) is 4.20. The predicted octanol–water partition coefficient (Wildman–Crippen LogP) is 1.83. The molecule has 1 aliphatic carbocycles. The molecule has 0 aromatic carbocycles. The van der Waals surface area contributed by atoms with Crippen LogP contribution >= 0.6 is 0 Å². The summed E-state index contributed by atoms with van der Waals surface area (Å²) in [6.45, 7) is 3.38. The molecule has 0 aliphatic heterocycles. The van der Waals surface area contributed by atoms with E-state index in [2.05, 4.69) is 9.88 Å². The van der Waals surface area contributed by atoms with Crippen molar-refractivity contribution in [2.45, 2.75) is 32.2 Å². The molecule has 0 radical (unpaired) electrons. The topological polar surface area (TPSA) is 45.6 Å². The van der Waals surface area contributed by atoms with Crippen molar-refractivity contribution in [2.24, 2.45) is 0 Å². The molecule has 0 bridgehead atoms. The van der Waals surface area contributed by atoms with Crippen molar-refractivity contribution < 1.29 is 9.84 Å². The fraction of sp³-hybridized carbons (Fsp3) is 0.615. The second kappa shape index (κ2) is 5.87. The first-order chi connectivity index (χ1) is 8.35. The number of aliphatic hydroxyl groups is 1. The first-order valence-electron chi connectivity index (χ1n) is 6.32. The number of hydrogen-bond donors (Lipinski definition) is 1. The van der Waals surface area contributed by atoms with Crippen LogP contribution < -0.4 is 9.64 Å². The summed E-state index contributed by atoms with van der Waals surface area (Å²) in [6.07, 6.45) is 3.67. The summed E-state index contributed by atoms with van der Waals surface area (Å²) in [5, 5.41) is 9.14. The van der Waals surface area contributed by atoms with Gasteiger partial charge in [-0.05, 0) is 32.3 Å². The molecule has 0 spiro atoms. The Hall–Kier alpha value is -1.29. The molecular formula is C13H20N2O2. The van der Waals surface area contributed by atoms with E-state index in [0.717, 1.165) is 5.82 Å². The SMILES string of the molecule is CCOc1cccc(N(CCO)C2CCC2)n1. The van der Waals surface area contributed by atoms with Gasteiger partial charge in [0.1, 0.15) is 5.82 Å². The molecule has 0 amide bonds.